The number of aromatic nitrogens is 3. The van der Waals surface area contributed by atoms with Crippen LogP contribution in [0.4, 0.5) is 0 Å². The summed E-state index contributed by atoms with van der Waals surface area (Å²) in [5.74, 6) is 2.18. The molecule has 0 saturated heterocycles. The van der Waals surface area contributed by atoms with Crippen LogP contribution in [0.2, 0.25) is 0 Å². The van der Waals surface area contributed by atoms with E-state index in [1.165, 1.54) is 64.2 Å². The van der Waals surface area contributed by atoms with Crippen molar-refractivity contribution in [3.63, 3.8) is 0 Å². The van der Waals surface area contributed by atoms with Crippen molar-refractivity contribution in [3.8, 4) is 0 Å². The molecule has 5 nitrogen and oxygen atoms in total. The van der Waals surface area contributed by atoms with E-state index >= 15 is 0 Å². The molecule has 2 saturated carbocycles. The van der Waals surface area contributed by atoms with Crippen molar-refractivity contribution >= 4 is 17.7 Å². The molecule has 27 heavy (non-hydrogen) atoms. The van der Waals surface area contributed by atoms with Crippen molar-refractivity contribution in [1.82, 2.24) is 20.1 Å². The lowest BCUT2D eigenvalue weighted by Crippen LogP contribution is -2.25. The maximum Gasteiger partial charge on any atom is 0.219 e. The second-order valence-electron chi connectivity index (χ2n) is 8.26. The Morgan fingerprint density at radius 2 is 1.81 bits per heavy atom. The Morgan fingerprint density at radius 1 is 1.07 bits per heavy atom. The molecule has 1 heterocycles. The Labute approximate surface area is 168 Å². The van der Waals surface area contributed by atoms with Crippen molar-refractivity contribution in [2.75, 3.05) is 12.8 Å². The summed E-state index contributed by atoms with van der Waals surface area (Å²) in [5, 5.41) is 12.9. The van der Waals surface area contributed by atoms with E-state index < -0.39 is 0 Å². The molecule has 0 bridgehead atoms. The van der Waals surface area contributed by atoms with Gasteiger partial charge in [0.2, 0.25) is 5.91 Å². The Morgan fingerprint density at radius 3 is 2.56 bits per heavy atom. The first kappa shape index (κ1) is 20.7. The molecule has 1 amide bonds. The summed E-state index contributed by atoms with van der Waals surface area (Å²) in [6, 6.07) is 0.576. The van der Waals surface area contributed by atoms with Crippen LogP contribution in [0.1, 0.15) is 95.3 Å². The normalized spacial score (nSPS) is 18.9. The second kappa shape index (κ2) is 11.1. The average molecular weight is 393 g/mol. The highest BCUT2D eigenvalue weighted by atomic mass is 32.2. The van der Waals surface area contributed by atoms with Gasteiger partial charge in [0, 0.05) is 25.4 Å². The molecule has 2 aliphatic rings. The number of thioether (sulfide) groups is 1. The smallest absolute Gasteiger partial charge is 0.219 e. The number of nitrogens with one attached hydrogen (secondary N) is 1. The number of carbonyl (C=O) groups excluding carboxylic acids is 1. The van der Waals surface area contributed by atoms with E-state index in [1.807, 2.05) is 0 Å². The monoisotopic (exact) mass is 392 g/mol. The van der Waals surface area contributed by atoms with E-state index in [-0.39, 0.29) is 5.91 Å². The van der Waals surface area contributed by atoms with E-state index in [0.29, 0.717) is 12.5 Å². The minimum absolute atomic E-state index is 0.216. The van der Waals surface area contributed by atoms with Gasteiger partial charge in [0.15, 0.2) is 5.16 Å². The zero-order valence-electron chi connectivity index (χ0n) is 16.9. The zero-order chi connectivity index (χ0) is 18.9. The molecule has 6 heteroatoms. The summed E-state index contributed by atoms with van der Waals surface area (Å²) in [5.41, 5.74) is 0. The van der Waals surface area contributed by atoms with Crippen LogP contribution in [-0.4, -0.2) is 33.5 Å². The van der Waals surface area contributed by atoms with E-state index in [0.717, 1.165) is 42.7 Å². The molecule has 1 aromatic rings. The van der Waals surface area contributed by atoms with Gasteiger partial charge in [-0.1, -0.05) is 56.7 Å². The highest BCUT2D eigenvalue weighted by Crippen LogP contribution is 2.33. The molecule has 0 spiro atoms. The number of carbonyl (C=O) groups is 1. The molecular formula is C21H36N4OS. The first-order valence-electron chi connectivity index (χ1n) is 11.0. The van der Waals surface area contributed by atoms with Crippen LogP contribution in [0.5, 0.6) is 0 Å². The van der Waals surface area contributed by atoms with E-state index in [1.54, 1.807) is 11.8 Å². The molecule has 2 fully saturated rings. The fourth-order valence-electron chi connectivity index (χ4n) is 4.74. The fourth-order valence-corrected chi connectivity index (χ4v) is 5.31. The lowest BCUT2D eigenvalue weighted by Gasteiger charge is -2.21. The molecule has 0 aliphatic heterocycles. The van der Waals surface area contributed by atoms with Crippen LogP contribution in [0.25, 0.3) is 0 Å². The van der Waals surface area contributed by atoms with E-state index in [9.17, 15) is 4.79 Å². The zero-order valence-corrected chi connectivity index (χ0v) is 17.7. The van der Waals surface area contributed by atoms with Gasteiger partial charge in [-0.15, -0.1) is 10.2 Å². The molecule has 1 aromatic heterocycles. The predicted molar refractivity (Wildman–Crippen MR) is 111 cm³/mol. The summed E-state index contributed by atoms with van der Waals surface area (Å²) in [7, 11) is 0. The molecule has 0 unspecified atom stereocenters. The van der Waals surface area contributed by atoms with Gasteiger partial charge >= 0.3 is 0 Å². The SMILES string of the molecule is CSc1nnc(CCCNC(=O)CCCC2CCCCC2)n1C1CCCC1. The van der Waals surface area contributed by atoms with Gasteiger partial charge < -0.3 is 9.88 Å². The maximum absolute atomic E-state index is 12.1. The van der Waals surface area contributed by atoms with Crippen molar-refractivity contribution in [2.24, 2.45) is 5.92 Å². The fraction of sp³-hybridized carbons (Fsp3) is 0.857. The Bertz CT molecular complexity index is 577. The van der Waals surface area contributed by atoms with Gasteiger partial charge in [0.05, 0.1) is 0 Å². The third kappa shape index (κ3) is 6.23. The summed E-state index contributed by atoms with van der Waals surface area (Å²) in [4.78, 5) is 12.1. The number of hydrogen-bond donors (Lipinski definition) is 1. The van der Waals surface area contributed by atoms with Crippen molar-refractivity contribution in [2.45, 2.75) is 101 Å². The molecular weight excluding hydrogens is 356 g/mol. The molecule has 3 rings (SSSR count). The molecule has 0 radical (unpaired) electrons. The highest BCUT2D eigenvalue weighted by molar-refractivity contribution is 7.98. The molecule has 0 aromatic carbocycles. The summed E-state index contributed by atoms with van der Waals surface area (Å²) < 4.78 is 2.36. The minimum Gasteiger partial charge on any atom is -0.356 e. The van der Waals surface area contributed by atoms with Gasteiger partial charge in [-0.2, -0.15) is 0 Å². The van der Waals surface area contributed by atoms with Gasteiger partial charge in [-0.3, -0.25) is 4.79 Å². The first-order valence-corrected chi connectivity index (χ1v) is 12.2. The van der Waals surface area contributed by atoms with Gasteiger partial charge in [-0.05, 0) is 44.3 Å². The third-order valence-corrected chi connectivity index (χ3v) is 6.89. The largest absolute Gasteiger partial charge is 0.356 e. The van der Waals surface area contributed by atoms with Crippen LogP contribution < -0.4 is 5.32 Å². The summed E-state index contributed by atoms with van der Waals surface area (Å²) in [6.07, 6.45) is 18.9. The van der Waals surface area contributed by atoms with Crippen molar-refractivity contribution in [1.29, 1.82) is 0 Å². The van der Waals surface area contributed by atoms with Crippen LogP contribution >= 0.6 is 11.8 Å². The number of hydrogen-bond acceptors (Lipinski definition) is 4. The Kier molecular flexibility index (Phi) is 8.49. The highest BCUT2D eigenvalue weighted by Gasteiger charge is 2.23. The number of nitrogens with zero attached hydrogens (tertiary/aromatic N) is 3. The van der Waals surface area contributed by atoms with E-state index in [4.69, 9.17) is 0 Å². The Balaban J connectivity index is 1.33. The quantitative estimate of drug-likeness (QED) is 0.454. The first-order chi connectivity index (χ1) is 13.3. The standard InChI is InChI=1S/C21H36N4OS/c1-27-21-24-23-19(25(21)18-12-5-6-13-18)14-8-16-22-20(26)15-7-11-17-9-3-2-4-10-17/h17-18H,2-16H2,1H3,(H,22,26). The van der Waals surface area contributed by atoms with Crippen molar-refractivity contribution < 1.29 is 4.79 Å². The molecule has 0 atom stereocenters. The molecule has 2 aliphatic carbocycles. The third-order valence-electron chi connectivity index (χ3n) is 6.25. The number of rotatable bonds is 10. The van der Waals surface area contributed by atoms with Gasteiger partial charge in [0.25, 0.3) is 0 Å². The summed E-state index contributed by atoms with van der Waals surface area (Å²) >= 11 is 1.69. The lowest BCUT2D eigenvalue weighted by atomic mass is 9.86. The van der Waals surface area contributed by atoms with Crippen molar-refractivity contribution in [3.05, 3.63) is 5.82 Å². The van der Waals surface area contributed by atoms with Gasteiger partial charge in [-0.25, -0.2) is 0 Å². The minimum atomic E-state index is 0.216. The molecule has 1 N–H and O–H groups in total. The second-order valence-corrected chi connectivity index (χ2v) is 9.03. The topological polar surface area (TPSA) is 59.8 Å². The van der Waals surface area contributed by atoms with Crippen LogP contribution in [-0.2, 0) is 11.2 Å². The molecule has 152 valence electrons. The lowest BCUT2D eigenvalue weighted by molar-refractivity contribution is -0.121. The van der Waals surface area contributed by atoms with Crippen LogP contribution in [0.3, 0.4) is 0 Å². The van der Waals surface area contributed by atoms with Crippen LogP contribution in [0.15, 0.2) is 5.16 Å². The number of aryl methyl sites for hydroxylation is 1. The maximum atomic E-state index is 12.1. The Hall–Kier alpha value is -1.04. The van der Waals surface area contributed by atoms with E-state index in [2.05, 4.69) is 26.3 Å². The predicted octanol–water partition coefficient (Wildman–Crippen LogP) is 4.91. The average Bonchev–Trinajstić information content (AvgIpc) is 3.35. The van der Waals surface area contributed by atoms with Crippen LogP contribution in [0, 0.1) is 5.92 Å². The summed E-state index contributed by atoms with van der Waals surface area (Å²) in [6.45, 7) is 0.744. The number of amides is 1. The van der Waals surface area contributed by atoms with Gasteiger partial charge in [0.1, 0.15) is 5.82 Å².